The number of piperazine rings is 1. The maximum atomic E-state index is 14.4. The first-order chi connectivity index (χ1) is 20.0. The van der Waals surface area contributed by atoms with Crippen LogP contribution >= 0.6 is 0 Å². The molecule has 1 aromatic heterocycles. The molecule has 41 heavy (non-hydrogen) atoms. The topological polar surface area (TPSA) is 112 Å². The molecule has 1 atom stereocenters. The van der Waals surface area contributed by atoms with E-state index in [1.165, 1.54) is 11.6 Å². The van der Waals surface area contributed by atoms with Crippen LogP contribution in [0.15, 0.2) is 65.2 Å². The molecule has 6 rings (SSSR count). The monoisotopic (exact) mass is 553 g/mol. The molecule has 4 aromatic rings. The van der Waals surface area contributed by atoms with Crippen LogP contribution in [-0.4, -0.2) is 48.0 Å². The van der Waals surface area contributed by atoms with Gasteiger partial charge in [0.05, 0.1) is 23.2 Å². The molecule has 3 aromatic carbocycles. The van der Waals surface area contributed by atoms with E-state index in [4.69, 9.17) is 14.5 Å². The summed E-state index contributed by atoms with van der Waals surface area (Å²) in [7, 11) is 0. The zero-order chi connectivity index (χ0) is 28.3. The number of imide groups is 1. The van der Waals surface area contributed by atoms with E-state index in [-0.39, 0.29) is 24.1 Å². The number of aromatic nitrogens is 1. The molecule has 2 amide bonds. The Morgan fingerprint density at radius 3 is 2.54 bits per heavy atom. The maximum absolute atomic E-state index is 14.4. The fourth-order valence-electron chi connectivity index (χ4n) is 5.38. The highest BCUT2D eigenvalue weighted by Gasteiger charge is 2.32. The summed E-state index contributed by atoms with van der Waals surface area (Å²) in [5.74, 6) is -0.879. The number of benzene rings is 3. The molecule has 1 N–H and O–H groups in total. The first kappa shape index (κ1) is 26.5. The smallest absolute Gasteiger partial charge is 0.235 e. The summed E-state index contributed by atoms with van der Waals surface area (Å²) in [6.45, 7) is 4.25. The summed E-state index contributed by atoms with van der Waals surface area (Å²) < 4.78 is 25.8. The molecule has 208 valence electrons. The normalized spacial score (nSPS) is 17.9. The molecule has 0 bridgehead atoms. The first-order valence-corrected chi connectivity index (χ1v) is 13.6. The Labute approximate surface area is 236 Å². The molecule has 0 aliphatic carbocycles. The summed E-state index contributed by atoms with van der Waals surface area (Å²) in [5, 5.41) is 16.1. The van der Waals surface area contributed by atoms with Gasteiger partial charge in [0.25, 0.3) is 0 Å². The number of nitrogens with zero attached hydrogens (tertiary/aromatic N) is 4. The van der Waals surface area contributed by atoms with E-state index in [0.29, 0.717) is 46.7 Å². The van der Waals surface area contributed by atoms with Gasteiger partial charge in [0.1, 0.15) is 23.9 Å². The highest BCUT2D eigenvalue weighted by molar-refractivity contribution is 6.02. The Kier molecular flexibility index (Phi) is 7.35. The van der Waals surface area contributed by atoms with Gasteiger partial charge < -0.3 is 14.2 Å². The quantitative estimate of drug-likeness (QED) is 0.338. The lowest BCUT2D eigenvalue weighted by atomic mass is 9.93. The van der Waals surface area contributed by atoms with Gasteiger partial charge in [0, 0.05) is 44.5 Å². The molecular formula is C31H28FN5O4. The number of carbonyl (C=O) groups excluding carboxylic acids is 2. The standard InChI is InChI=1S/C31H28FN5O4/c32-26-15-22(17-33)5-8-27(26)37-13-11-36(12-14-37)18-20-1-3-21(4-2-20)19-40-23-6-9-28-25(16-23)30(35-41-28)24-7-10-29(38)34-31(24)39/h1-6,8-9,15-16,24H,7,10-14,18-19H2,(H,34,38,39). The van der Waals surface area contributed by atoms with Crippen molar-refractivity contribution in [1.82, 2.24) is 15.4 Å². The second-order valence-corrected chi connectivity index (χ2v) is 10.4. The Hall–Kier alpha value is -4.75. The number of ether oxygens (including phenoxy) is 1. The fourth-order valence-corrected chi connectivity index (χ4v) is 5.38. The van der Waals surface area contributed by atoms with Crippen LogP contribution in [0.3, 0.4) is 0 Å². The van der Waals surface area contributed by atoms with Gasteiger partial charge in [0.2, 0.25) is 11.8 Å². The van der Waals surface area contributed by atoms with Crippen molar-refractivity contribution < 1.29 is 23.2 Å². The molecule has 3 heterocycles. The van der Waals surface area contributed by atoms with E-state index in [0.717, 1.165) is 38.3 Å². The van der Waals surface area contributed by atoms with E-state index < -0.39 is 5.92 Å². The van der Waals surface area contributed by atoms with Crippen LogP contribution in [0.5, 0.6) is 5.75 Å². The maximum Gasteiger partial charge on any atom is 0.235 e. The minimum atomic E-state index is -0.531. The van der Waals surface area contributed by atoms with Gasteiger partial charge in [-0.05, 0) is 53.9 Å². The van der Waals surface area contributed by atoms with E-state index >= 15 is 0 Å². The minimum absolute atomic E-state index is 0.270. The first-order valence-electron chi connectivity index (χ1n) is 13.6. The van der Waals surface area contributed by atoms with Crippen LogP contribution in [0, 0.1) is 17.1 Å². The molecule has 0 radical (unpaired) electrons. The van der Waals surface area contributed by atoms with Crippen LogP contribution < -0.4 is 15.0 Å². The summed E-state index contributed by atoms with van der Waals surface area (Å²) in [5.41, 5.74) is 4.15. The summed E-state index contributed by atoms with van der Waals surface area (Å²) >= 11 is 0. The van der Waals surface area contributed by atoms with E-state index in [1.807, 2.05) is 29.2 Å². The predicted molar refractivity (Wildman–Crippen MR) is 149 cm³/mol. The Morgan fingerprint density at radius 1 is 1.02 bits per heavy atom. The Bertz CT molecular complexity index is 1640. The summed E-state index contributed by atoms with van der Waals surface area (Å²) in [4.78, 5) is 28.2. The second-order valence-electron chi connectivity index (χ2n) is 10.4. The van der Waals surface area contributed by atoms with Gasteiger partial charge in [-0.15, -0.1) is 0 Å². The van der Waals surface area contributed by atoms with Gasteiger partial charge in [-0.25, -0.2) is 4.39 Å². The average Bonchev–Trinajstić information content (AvgIpc) is 3.40. The van der Waals surface area contributed by atoms with Gasteiger partial charge in [-0.3, -0.25) is 19.8 Å². The number of nitriles is 1. The largest absolute Gasteiger partial charge is 0.489 e. The van der Waals surface area contributed by atoms with Crippen LogP contribution in [0.25, 0.3) is 11.0 Å². The lowest BCUT2D eigenvalue weighted by Crippen LogP contribution is -2.46. The predicted octanol–water partition coefficient (Wildman–Crippen LogP) is 4.26. The minimum Gasteiger partial charge on any atom is -0.489 e. The number of hydrogen-bond donors (Lipinski definition) is 1. The van der Waals surface area contributed by atoms with Gasteiger partial charge in [-0.2, -0.15) is 5.26 Å². The summed E-state index contributed by atoms with van der Waals surface area (Å²) in [6.07, 6.45) is 0.667. The number of piperidine rings is 1. The Morgan fingerprint density at radius 2 is 1.80 bits per heavy atom. The number of nitrogens with one attached hydrogen (secondary N) is 1. The molecule has 0 spiro atoms. The number of hydrogen-bond acceptors (Lipinski definition) is 8. The molecule has 9 nitrogen and oxygen atoms in total. The number of carbonyl (C=O) groups is 2. The van der Waals surface area contributed by atoms with Crippen LogP contribution in [-0.2, 0) is 22.7 Å². The van der Waals surface area contributed by atoms with Crippen LogP contribution in [0.4, 0.5) is 10.1 Å². The SMILES string of the molecule is N#Cc1ccc(N2CCN(Cc3ccc(COc4ccc5onc(C6CCC(=O)NC6=O)c5c4)cc3)CC2)c(F)c1. The number of halogens is 1. The van der Waals surface area contributed by atoms with E-state index in [9.17, 15) is 14.0 Å². The average molecular weight is 554 g/mol. The van der Waals surface area contributed by atoms with Crippen molar-refractivity contribution in [3.05, 3.63) is 88.9 Å². The third kappa shape index (κ3) is 5.76. The van der Waals surface area contributed by atoms with Crippen LogP contribution in [0.2, 0.25) is 0 Å². The van der Waals surface area contributed by atoms with Gasteiger partial charge >= 0.3 is 0 Å². The lowest BCUT2D eigenvalue weighted by Gasteiger charge is -2.36. The lowest BCUT2D eigenvalue weighted by molar-refractivity contribution is -0.134. The summed E-state index contributed by atoms with van der Waals surface area (Å²) in [6, 6.07) is 20.3. The number of fused-ring (bicyclic) bond motifs is 1. The molecule has 2 aliphatic rings. The van der Waals surface area contributed by atoms with Gasteiger partial charge in [-0.1, -0.05) is 29.4 Å². The molecule has 2 saturated heterocycles. The Balaban J connectivity index is 1.03. The van der Waals surface area contributed by atoms with Crippen molar-refractivity contribution in [3.63, 3.8) is 0 Å². The molecule has 10 heteroatoms. The van der Waals surface area contributed by atoms with Crippen molar-refractivity contribution in [3.8, 4) is 11.8 Å². The third-order valence-electron chi connectivity index (χ3n) is 7.66. The molecule has 1 unspecified atom stereocenters. The molecule has 0 saturated carbocycles. The van der Waals surface area contributed by atoms with E-state index in [1.54, 1.807) is 24.3 Å². The second kappa shape index (κ2) is 11.4. The number of amides is 2. The molecule has 2 fully saturated rings. The fraction of sp³-hybridized carbons (Fsp3) is 0.290. The van der Waals surface area contributed by atoms with Crippen molar-refractivity contribution in [1.29, 1.82) is 5.26 Å². The number of anilines is 1. The van der Waals surface area contributed by atoms with Gasteiger partial charge in [0.15, 0.2) is 5.58 Å². The highest BCUT2D eigenvalue weighted by atomic mass is 19.1. The van der Waals surface area contributed by atoms with Crippen LogP contribution in [0.1, 0.15) is 41.1 Å². The highest BCUT2D eigenvalue weighted by Crippen LogP contribution is 2.32. The van der Waals surface area contributed by atoms with E-state index in [2.05, 4.69) is 27.5 Å². The molecule has 2 aliphatic heterocycles. The zero-order valence-corrected chi connectivity index (χ0v) is 22.3. The van der Waals surface area contributed by atoms with Crippen molar-refractivity contribution in [2.75, 3.05) is 31.1 Å². The van der Waals surface area contributed by atoms with Crippen molar-refractivity contribution in [2.24, 2.45) is 0 Å². The number of rotatable bonds is 7. The molecular weight excluding hydrogens is 525 g/mol. The third-order valence-corrected chi connectivity index (χ3v) is 7.66. The zero-order valence-electron chi connectivity index (χ0n) is 22.3. The van der Waals surface area contributed by atoms with Crippen molar-refractivity contribution in [2.45, 2.75) is 31.9 Å². The van der Waals surface area contributed by atoms with Crippen molar-refractivity contribution >= 4 is 28.5 Å².